The van der Waals surface area contributed by atoms with Gasteiger partial charge < -0.3 is 4.42 Å². The summed E-state index contributed by atoms with van der Waals surface area (Å²) in [6.45, 7) is 0. The lowest BCUT2D eigenvalue weighted by molar-refractivity contribution is -0.384. The Morgan fingerprint density at radius 1 is 1.04 bits per heavy atom. The van der Waals surface area contributed by atoms with Gasteiger partial charge in [-0.25, -0.2) is 0 Å². The molecule has 1 N–H and O–H groups in total. The molecule has 0 saturated carbocycles. The van der Waals surface area contributed by atoms with Crippen molar-refractivity contribution in [2.45, 2.75) is 0 Å². The monoisotopic (exact) mass is 307 g/mol. The number of nitrogens with one attached hydrogen (secondary N) is 1. The highest BCUT2D eigenvalue weighted by Crippen LogP contribution is 2.25. The molecule has 1 heterocycles. The summed E-state index contributed by atoms with van der Waals surface area (Å²) in [6.07, 6.45) is 1.55. The number of anilines is 1. The van der Waals surface area contributed by atoms with Crippen molar-refractivity contribution in [1.82, 2.24) is 0 Å². The molecule has 0 bridgehead atoms. The Morgan fingerprint density at radius 2 is 1.87 bits per heavy atom. The molecule has 0 saturated heterocycles. The standard InChI is InChI=1S/C17H13N3O3/c21-20(22)15-8-4-5-13(11-15)17-10-9-16(23-17)12-18-19-14-6-2-1-3-7-14/h1-12,19H/b18-12-. The third kappa shape index (κ3) is 3.62. The molecule has 3 aromatic rings. The molecule has 0 aliphatic carbocycles. The maximum atomic E-state index is 10.8. The molecule has 0 aliphatic heterocycles. The normalized spacial score (nSPS) is 10.8. The number of hydrogen-bond acceptors (Lipinski definition) is 5. The summed E-state index contributed by atoms with van der Waals surface area (Å²) in [7, 11) is 0. The topological polar surface area (TPSA) is 80.7 Å². The molecule has 0 radical (unpaired) electrons. The minimum Gasteiger partial charge on any atom is -0.455 e. The van der Waals surface area contributed by atoms with Crippen LogP contribution in [-0.4, -0.2) is 11.1 Å². The molecule has 0 atom stereocenters. The molecule has 0 unspecified atom stereocenters. The zero-order valence-corrected chi connectivity index (χ0v) is 12.0. The number of benzene rings is 2. The molecule has 114 valence electrons. The number of para-hydroxylation sites is 1. The largest absolute Gasteiger partial charge is 0.455 e. The Hall–Kier alpha value is -3.41. The first-order valence-corrected chi connectivity index (χ1v) is 6.91. The van der Waals surface area contributed by atoms with E-state index >= 15 is 0 Å². The Labute approximate surface area is 132 Å². The van der Waals surface area contributed by atoms with E-state index in [-0.39, 0.29) is 5.69 Å². The summed E-state index contributed by atoms with van der Waals surface area (Å²) >= 11 is 0. The molecule has 0 aliphatic rings. The average Bonchev–Trinajstić information content (AvgIpc) is 3.05. The first kappa shape index (κ1) is 14.5. The van der Waals surface area contributed by atoms with Gasteiger partial charge in [0.05, 0.1) is 16.8 Å². The summed E-state index contributed by atoms with van der Waals surface area (Å²) in [5.74, 6) is 1.10. The zero-order valence-electron chi connectivity index (χ0n) is 12.0. The van der Waals surface area contributed by atoms with Gasteiger partial charge in [0, 0.05) is 17.7 Å². The van der Waals surface area contributed by atoms with Crippen LogP contribution in [0.4, 0.5) is 11.4 Å². The third-order valence-corrected chi connectivity index (χ3v) is 3.13. The molecule has 6 nitrogen and oxygen atoms in total. The Kier molecular flexibility index (Phi) is 4.15. The summed E-state index contributed by atoms with van der Waals surface area (Å²) in [6, 6.07) is 19.3. The van der Waals surface area contributed by atoms with Crippen molar-refractivity contribution < 1.29 is 9.34 Å². The molecular weight excluding hydrogens is 294 g/mol. The highest BCUT2D eigenvalue weighted by Gasteiger charge is 2.09. The summed E-state index contributed by atoms with van der Waals surface area (Å²) in [4.78, 5) is 10.4. The summed E-state index contributed by atoms with van der Waals surface area (Å²) in [5.41, 5.74) is 4.43. The van der Waals surface area contributed by atoms with Gasteiger partial charge in [0.15, 0.2) is 0 Å². The van der Waals surface area contributed by atoms with E-state index in [0.717, 1.165) is 5.69 Å². The first-order chi connectivity index (χ1) is 11.2. The van der Waals surface area contributed by atoms with Gasteiger partial charge in [0.25, 0.3) is 5.69 Å². The van der Waals surface area contributed by atoms with Gasteiger partial charge in [-0.05, 0) is 24.3 Å². The number of rotatable bonds is 5. The molecular formula is C17H13N3O3. The lowest BCUT2D eigenvalue weighted by Gasteiger charge is -1.98. The van der Waals surface area contributed by atoms with Gasteiger partial charge in [-0.1, -0.05) is 30.3 Å². The molecule has 1 aromatic heterocycles. The average molecular weight is 307 g/mol. The van der Waals surface area contributed by atoms with Gasteiger partial charge in [-0.15, -0.1) is 0 Å². The Balaban J connectivity index is 1.73. The molecule has 2 aromatic carbocycles. The van der Waals surface area contributed by atoms with Gasteiger partial charge in [-0.3, -0.25) is 15.5 Å². The Morgan fingerprint density at radius 3 is 2.65 bits per heavy atom. The molecule has 6 heteroatoms. The number of hydrazone groups is 1. The predicted molar refractivity (Wildman–Crippen MR) is 88.5 cm³/mol. The van der Waals surface area contributed by atoms with Crippen molar-refractivity contribution in [3.05, 3.63) is 82.6 Å². The second kappa shape index (κ2) is 6.57. The van der Waals surface area contributed by atoms with Crippen molar-refractivity contribution in [2.75, 3.05) is 5.43 Å². The number of non-ortho nitro benzene ring substituents is 1. The first-order valence-electron chi connectivity index (χ1n) is 6.91. The van der Waals surface area contributed by atoms with Crippen LogP contribution in [0.3, 0.4) is 0 Å². The van der Waals surface area contributed by atoms with E-state index in [9.17, 15) is 10.1 Å². The van der Waals surface area contributed by atoms with Crippen molar-refractivity contribution in [2.24, 2.45) is 5.10 Å². The van der Waals surface area contributed by atoms with Crippen molar-refractivity contribution >= 4 is 17.6 Å². The highest BCUT2D eigenvalue weighted by molar-refractivity contribution is 5.78. The van der Waals surface area contributed by atoms with Crippen molar-refractivity contribution in [3.8, 4) is 11.3 Å². The fourth-order valence-electron chi connectivity index (χ4n) is 2.03. The van der Waals surface area contributed by atoms with E-state index in [1.165, 1.54) is 12.1 Å². The lowest BCUT2D eigenvalue weighted by atomic mass is 10.1. The molecule has 3 rings (SSSR count). The van der Waals surface area contributed by atoms with Gasteiger partial charge in [0.1, 0.15) is 11.5 Å². The minimum absolute atomic E-state index is 0.0276. The van der Waals surface area contributed by atoms with E-state index in [4.69, 9.17) is 4.42 Å². The van der Waals surface area contributed by atoms with Crippen LogP contribution in [0.25, 0.3) is 11.3 Å². The zero-order chi connectivity index (χ0) is 16.1. The number of nitro benzene ring substituents is 1. The van der Waals surface area contributed by atoms with Crippen molar-refractivity contribution in [1.29, 1.82) is 0 Å². The van der Waals surface area contributed by atoms with E-state index in [1.807, 2.05) is 30.3 Å². The van der Waals surface area contributed by atoms with Crippen LogP contribution in [0.15, 0.2) is 76.2 Å². The number of furan rings is 1. The number of nitrogens with zero attached hydrogens (tertiary/aromatic N) is 2. The molecule has 0 fully saturated rings. The quantitative estimate of drug-likeness (QED) is 0.433. The smallest absolute Gasteiger partial charge is 0.270 e. The van der Waals surface area contributed by atoms with E-state index in [1.54, 1.807) is 30.5 Å². The number of nitro groups is 1. The van der Waals surface area contributed by atoms with Gasteiger partial charge in [0.2, 0.25) is 0 Å². The van der Waals surface area contributed by atoms with Crippen molar-refractivity contribution in [3.63, 3.8) is 0 Å². The van der Waals surface area contributed by atoms with Crippen LogP contribution < -0.4 is 5.43 Å². The highest BCUT2D eigenvalue weighted by atomic mass is 16.6. The minimum atomic E-state index is -0.432. The second-order valence-corrected chi connectivity index (χ2v) is 4.75. The maximum absolute atomic E-state index is 10.8. The summed E-state index contributed by atoms with van der Waals surface area (Å²) < 4.78 is 5.63. The van der Waals surface area contributed by atoms with E-state index in [2.05, 4.69) is 10.5 Å². The fourth-order valence-corrected chi connectivity index (χ4v) is 2.03. The molecule has 23 heavy (non-hydrogen) atoms. The predicted octanol–water partition coefficient (Wildman–Crippen LogP) is 4.30. The molecule has 0 amide bonds. The van der Waals surface area contributed by atoms with Crippen LogP contribution in [0.5, 0.6) is 0 Å². The van der Waals surface area contributed by atoms with E-state index in [0.29, 0.717) is 17.1 Å². The molecule has 0 spiro atoms. The number of hydrogen-bond donors (Lipinski definition) is 1. The third-order valence-electron chi connectivity index (χ3n) is 3.13. The van der Waals surface area contributed by atoms with E-state index < -0.39 is 4.92 Å². The summed E-state index contributed by atoms with van der Waals surface area (Å²) in [5, 5.41) is 14.9. The maximum Gasteiger partial charge on any atom is 0.270 e. The second-order valence-electron chi connectivity index (χ2n) is 4.75. The SMILES string of the molecule is O=[N+]([O-])c1cccc(-c2ccc(/C=N\Nc3ccccc3)o2)c1. The van der Waals surface area contributed by atoms with Crippen LogP contribution in [0, 0.1) is 10.1 Å². The van der Waals surface area contributed by atoms with Crippen LogP contribution in [-0.2, 0) is 0 Å². The Bertz CT molecular complexity index is 841. The van der Waals surface area contributed by atoms with Gasteiger partial charge >= 0.3 is 0 Å². The van der Waals surface area contributed by atoms with Crippen LogP contribution in [0.1, 0.15) is 5.76 Å². The van der Waals surface area contributed by atoms with Gasteiger partial charge in [-0.2, -0.15) is 5.10 Å². The lowest BCUT2D eigenvalue weighted by Crippen LogP contribution is -1.88. The van der Waals surface area contributed by atoms with Crippen LogP contribution in [0.2, 0.25) is 0 Å². The fraction of sp³-hybridized carbons (Fsp3) is 0. The van der Waals surface area contributed by atoms with Crippen LogP contribution >= 0.6 is 0 Å².